The van der Waals surface area contributed by atoms with Gasteiger partial charge in [-0.2, -0.15) is 0 Å². The van der Waals surface area contributed by atoms with Crippen LogP contribution in [0.5, 0.6) is 0 Å². The highest BCUT2D eigenvalue weighted by Gasteiger charge is 2.27. The lowest BCUT2D eigenvalue weighted by Crippen LogP contribution is -1.85. The van der Waals surface area contributed by atoms with E-state index < -0.39 is 0 Å². The second-order valence-corrected chi connectivity index (χ2v) is 6.11. The summed E-state index contributed by atoms with van der Waals surface area (Å²) in [5.41, 5.74) is 4.57. The van der Waals surface area contributed by atoms with Gasteiger partial charge in [0.05, 0.1) is 14.9 Å². The summed E-state index contributed by atoms with van der Waals surface area (Å²) in [7, 11) is 0. The molecule has 0 nitrogen and oxygen atoms in total. The van der Waals surface area contributed by atoms with Crippen molar-refractivity contribution in [2.24, 2.45) is 0 Å². The highest BCUT2D eigenvalue weighted by Crippen LogP contribution is 2.50. The van der Waals surface area contributed by atoms with Crippen molar-refractivity contribution in [2.45, 2.75) is 4.83 Å². The van der Waals surface area contributed by atoms with Crippen LogP contribution in [-0.2, 0) is 0 Å². The van der Waals surface area contributed by atoms with E-state index in [9.17, 15) is 0 Å². The predicted molar refractivity (Wildman–Crippen MR) is 77.7 cm³/mol. The summed E-state index contributed by atoms with van der Waals surface area (Å²) in [6.45, 7) is 0. The zero-order valence-electron chi connectivity index (χ0n) is 8.48. The molecular formula is C13H6BrCl3. The fourth-order valence-corrected chi connectivity index (χ4v) is 3.44. The molecule has 0 fully saturated rings. The summed E-state index contributed by atoms with van der Waals surface area (Å²) in [5, 5.41) is 1.89. The Labute approximate surface area is 123 Å². The first-order valence-corrected chi connectivity index (χ1v) is 7.05. The maximum atomic E-state index is 6.06. The fraction of sp³-hybridized carbons (Fsp3) is 0.0769. The van der Waals surface area contributed by atoms with Crippen molar-refractivity contribution in [2.75, 3.05) is 0 Å². The quantitative estimate of drug-likeness (QED) is 0.504. The number of benzene rings is 2. The monoisotopic (exact) mass is 346 g/mol. The first-order valence-electron chi connectivity index (χ1n) is 5.01. The molecule has 2 aromatic carbocycles. The SMILES string of the molecule is Clc1ccc2c(c1)[C@@H](Br)c1cc(Cl)c(Cl)cc1-2. The Morgan fingerprint density at radius 1 is 0.824 bits per heavy atom. The fourth-order valence-electron chi connectivity index (χ4n) is 2.16. The molecule has 0 unspecified atom stereocenters. The van der Waals surface area contributed by atoms with Crippen molar-refractivity contribution >= 4 is 50.7 Å². The third-order valence-corrected chi connectivity index (χ3v) is 4.89. The summed E-state index contributed by atoms with van der Waals surface area (Å²) in [6.07, 6.45) is 0. The summed E-state index contributed by atoms with van der Waals surface area (Å²) in [5.74, 6) is 0. The Hall–Kier alpha value is -0.210. The molecule has 1 atom stereocenters. The van der Waals surface area contributed by atoms with E-state index in [0.717, 1.165) is 27.3 Å². The molecule has 17 heavy (non-hydrogen) atoms. The van der Waals surface area contributed by atoms with Gasteiger partial charge in [0.2, 0.25) is 0 Å². The Morgan fingerprint density at radius 3 is 2.24 bits per heavy atom. The molecule has 0 bridgehead atoms. The summed E-state index contributed by atoms with van der Waals surface area (Å²) >= 11 is 21.8. The summed E-state index contributed by atoms with van der Waals surface area (Å²) in [4.78, 5) is 0.126. The minimum Gasteiger partial charge on any atom is -0.0843 e. The number of hydrogen-bond donors (Lipinski definition) is 0. The van der Waals surface area contributed by atoms with E-state index in [-0.39, 0.29) is 4.83 Å². The highest BCUT2D eigenvalue weighted by molar-refractivity contribution is 9.09. The molecule has 0 radical (unpaired) electrons. The molecule has 2 aromatic rings. The van der Waals surface area contributed by atoms with Crippen LogP contribution in [0.25, 0.3) is 11.1 Å². The Morgan fingerprint density at radius 2 is 1.47 bits per heavy atom. The molecule has 0 saturated heterocycles. The first kappa shape index (κ1) is 11.9. The maximum absolute atomic E-state index is 6.06. The molecule has 0 aliphatic heterocycles. The van der Waals surface area contributed by atoms with Crippen LogP contribution in [0.2, 0.25) is 15.1 Å². The highest BCUT2D eigenvalue weighted by atomic mass is 79.9. The largest absolute Gasteiger partial charge is 0.0843 e. The number of rotatable bonds is 0. The molecule has 0 heterocycles. The molecule has 1 aliphatic carbocycles. The lowest BCUT2D eigenvalue weighted by molar-refractivity contribution is 1.25. The zero-order valence-corrected chi connectivity index (χ0v) is 12.3. The van der Waals surface area contributed by atoms with Crippen LogP contribution in [0.3, 0.4) is 0 Å². The van der Waals surface area contributed by atoms with Crippen molar-refractivity contribution in [3.8, 4) is 11.1 Å². The van der Waals surface area contributed by atoms with Gasteiger partial charge in [-0.15, -0.1) is 0 Å². The van der Waals surface area contributed by atoms with E-state index in [1.165, 1.54) is 0 Å². The second kappa shape index (κ2) is 4.17. The Kier molecular flexibility index (Phi) is 2.91. The molecular weight excluding hydrogens is 342 g/mol. The van der Waals surface area contributed by atoms with E-state index in [1.807, 2.05) is 30.3 Å². The first-order chi connectivity index (χ1) is 8.08. The van der Waals surface area contributed by atoms with Crippen molar-refractivity contribution < 1.29 is 0 Å². The maximum Gasteiger partial charge on any atom is 0.0657 e. The lowest BCUT2D eigenvalue weighted by Gasteiger charge is -2.05. The lowest BCUT2D eigenvalue weighted by atomic mass is 10.1. The molecule has 0 amide bonds. The van der Waals surface area contributed by atoms with Gasteiger partial charge >= 0.3 is 0 Å². The van der Waals surface area contributed by atoms with Crippen molar-refractivity contribution in [1.29, 1.82) is 0 Å². The number of fused-ring (bicyclic) bond motifs is 3. The van der Waals surface area contributed by atoms with Gasteiger partial charge in [-0.3, -0.25) is 0 Å². The topological polar surface area (TPSA) is 0 Å². The predicted octanol–water partition coefficient (Wildman–Crippen LogP) is 6.11. The Bertz CT molecular complexity index is 622. The number of halogens is 4. The molecule has 4 heteroatoms. The van der Waals surface area contributed by atoms with Crippen molar-refractivity contribution in [3.05, 3.63) is 56.5 Å². The van der Waals surface area contributed by atoms with E-state index >= 15 is 0 Å². The van der Waals surface area contributed by atoms with Gasteiger partial charge in [0.15, 0.2) is 0 Å². The van der Waals surface area contributed by atoms with Gasteiger partial charge in [0, 0.05) is 5.02 Å². The minimum atomic E-state index is 0.126. The second-order valence-electron chi connectivity index (χ2n) is 3.95. The molecule has 1 aliphatic rings. The average molecular weight is 348 g/mol. The molecule has 0 saturated carbocycles. The number of alkyl halides is 1. The third kappa shape index (κ3) is 1.80. The van der Waals surface area contributed by atoms with Gasteiger partial charge in [0.1, 0.15) is 0 Å². The average Bonchev–Trinajstić information content (AvgIpc) is 2.54. The molecule has 0 N–H and O–H groups in total. The molecule has 0 aromatic heterocycles. The van der Waals surface area contributed by atoms with Gasteiger partial charge in [0.25, 0.3) is 0 Å². The zero-order chi connectivity index (χ0) is 12.2. The van der Waals surface area contributed by atoms with Crippen LogP contribution in [0.1, 0.15) is 16.0 Å². The van der Waals surface area contributed by atoms with Crippen LogP contribution in [0.15, 0.2) is 30.3 Å². The van der Waals surface area contributed by atoms with Gasteiger partial charge in [-0.25, -0.2) is 0 Å². The van der Waals surface area contributed by atoms with Crippen molar-refractivity contribution in [3.63, 3.8) is 0 Å². The van der Waals surface area contributed by atoms with Gasteiger partial charge < -0.3 is 0 Å². The van der Waals surface area contributed by atoms with Gasteiger partial charge in [-0.05, 0) is 46.5 Å². The van der Waals surface area contributed by atoms with Crippen molar-refractivity contribution in [1.82, 2.24) is 0 Å². The van der Waals surface area contributed by atoms with Crippen LogP contribution in [0.4, 0.5) is 0 Å². The smallest absolute Gasteiger partial charge is 0.0657 e. The summed E-state index contributed by atoms with van der Waals surface area (Å²) < 4.78 is 0. The molecule has 3 rings (SSSR count). The minimum absolute atomic E-state index is 0.126. The van der Waals surface area contributed by atoms with E-state index in [0.29, 0.717) is 10.0 Å². The van der Waals surface area contributed by atoms with E-state index in [1.54, 1.807) is 0 Å². The summed E-state index contributed by atoms with van der Waals surface area (Å²) in [6, 6.07) is 9.69. The van der Waals surface area contributed by atoms with E-state index in [2.05, 4.69) is 15.9 Å². The van der Waals surface area contributed by atoms with E-state index in [4.69, 9.17) is 34.8 Å². The normalized spacial score (nSPS) is 16.8. The standard InChI is InChI=1S/C13H6BrCl3/c14-13-9-3-6(15)1-2-7(9)8-4-11(16)12(17)5-10(8)13/h1-5,13H/t13-/m1/s1. The van der Waals surface area contributed by atoms with Crippen LogP contribution >= 0.6 is 50.7 Å². The third-order valence-electron chi connectivity index (χ3n) is 2.94. The van der Waals surface area contributed by atoms with Crippen LogP contribution in [0, 0.1) is 0 Å². The van der Waals surface area contributed by atoms with Crippen LogP contribution < -0.4 is 0 Å². The molecule has 86 valence electrons. The number of hydrogen-bond acceptors (Lipinski definition) is 0. The van der Waals surface area contributed by atoms with Crippen LogP contribution in [-0.4, -0.2) is 0 Å². The van der Waals surface area contributed by atoms with Gasteiger partial charge in [-0.1, -0.05) is 56.8 Å². The molecule has 0 spiro atoms. The Balaban J connectivity index is 2.31.